The third-order valence-corrected chi connectivity index (χ3v) is 7.68. The van der Waals surface area contributed by atoms with Crippen LogP contribution in [-0.2, 0) is 16.6 Å². The molecular weight excluding hydrogens is 368 g/mol. The lowest BCUT2D eigenvalue weighted by Gasteiger charge is -2.13. The molecule has 5 nitrogen and oxygen atoms in total. The van der Waals surface area contributed by atoms with E-state index in [0.717, 1.165) is 29.7 Å². The molecule has 24 heavy (non-hydrogen) atoms. The zero-order chi connectivity index (χ0) is 17.2. The minimum absolute atomic E-state index is 0.215. The van der Waals surface area contributed by atoms with Crippen LogP contribution in [0.1, 0.15) is 28.1 Å². The molecule has 128 valence electrons. The molecule has 1 aliphatic rings. The first-order valence-corrected chi connectivity index (χ1v) is 10.2. The van der Waals surface area contributed by atoms with Crippen LogP contribution < -0.4 is 5.32 Å². The Hall–Kier alpha value is -1.41. The van der Waals surface area contributed by atoms with Crippen molar-refractivity contribution >= 4 is 38.9 Å². The van der Waals surface area contributed by atoms with Gasteiger partial charge in [-0.05, 0) is 36.6 Å². The van der Waals surface area contributed by atoms with Crippen molar-refractivity contribution in [1.82, 2.24) is 9.62 Å². The number of amides is 1. The van der Waals surface area contributed by atoms with E-state index in [1.807, 2.05) is 18.2 Å². The molecule has 0 radical (unpaired) electrons. The number of sulfonamides is 1. The Balaban J connectivity index is 1.69. The predicted octanol–water partition coefficient (Wildman–Crippen LogP) is 3.12. The maximum atomic E-state index is 12.5. The van der Waals surface area contributed by atoms with Crippen LogP contribution in [0.5, 0.6) is 0 Å². The van der Waals surface area contributed by atoms with Gasteiger partial charge in [-0.25, -0.2) is 8.42 Å². The van der Waals surface area contributed by atoms with E-state index in [2.05, 4.69) is 5.32 Å². The van der Waals surface area contributed by atoms with Crippen LogP contribution in [-0.4, -0.2) is 31.7 Å². The number of thiophene rings is 1. The molecule has 2 aromatic rings. The largest absolute Gasteiger partial charge is 0.347 e. The second kappa shape index (κ2) is 7.23. The van der Waals surface area contributed by atoms with Gasteiger partial charge in [0.05, 0.1) is 4.88 Å². The van der Waals surface area contributed by atoms with E-state index in [0.29, 0.717) is 29.5 Å². The highest BCUT2D eigenvalue weighted by molar-refractivity contribution is 7.91. The zero-order valence-electron chi connectivity index (χ0n) is 12.9. The number of nitrogens with one attached hydrogen (secondary N) is 1. The Morgan fingerprint density at radius 2 is 1.88 bits per heavy atom. The molecule has 0 unspecified atom stereocenters. The second-order valence-electron chi connectivity index (χ2n) is 5.50. The van der Waals surface area contributed by atoms with Gasteiger partial charge in [0, 0.05) is 24.7 Å². The molecule has 0 aliphatic carbocycles. The van der Waals surface area contributed by atoms with Gasteiger partial charge in [-0.1, -0.05) is 29.8 Å². The van der Waals surface area contributed by atoms with E-state index in [-0.39, 0.29) is 10.1 Å². The Morgan fingerprint density at radius 3 is 2.58 bits per heavy atom. The number of nitrogens with zero attached hydrogens (tertiary/aromatic N) is 1. The summed E-state index contributed by atoms with van der Waals surface area (Å²) in [7, 11) is -3.47. The minimum atomic E-state index is -3.47. The predicted molar refractivity (Wildman–Crippen MR) is 94.9 cm³/mol. The van der Waals surface area contributed by atoms with Gasteiger partial charge in [-0.2, -0.15) is 4.31 Å². The van der Waals surface area contributed by atoms with Crippen LogP contribution in [0.15, 0.2) is 40.6 Å². The first kappa shape index (κ1) is 17.4. The monoisotopic (exact) mass is 384 g/mol. The molecule has 1 saturated heterocycles. The van der Waals surface area contributed by atoms with Gasteiger partial charge >= 0.3 is 0 Å². The molecule has 0 spiro atoms. The lowest BCUT2D eigenvalue weighted by atomic mass is 10.2. The summed E-state index contributed by atoms with van der Waals surface area (Å²) in [4.78, 5) is 12.6. The van der Waals surface area contributed by atoms with Crippen molar-refractivity contribution in [2.75, 3.05) is 13.1 Å². The van der Waals surface area contributed by atoms with Gasteiger partial charge in [-0.3, -0.25) is 4.79 Å². The van der Waals surface area contributed by atoms with E-state index < -0.39 is 10.0 Å². The molecule has 2 heterocycles. The van der Waals surface area contributed by atoms with Crippen LogP contribution in [0.3, 0.4) is 0 Å². The summed E-state index contributed by atoms with van der Waals surface area (Å²) in [5, 5.41) is 3.35. The van der Waals surface area contributed by atoms with Gasteiger partial charge in [0.15, 0.2) is 0 Å². The summed E-state index contributed by atoms with van der Waals surface area (Å²) in [5.74, 6) is -0.303. The van der Waals surface area contributed by atoms with E-state index in [1.165, 1.54) is 10.4 Å². The third kappa shape index (κ3) is 3.64. The highest BCUT2D eigenvalue weighted by Crippen LogP contribution is 2.27. The van der Waals surface area contributed by atoms with Crippen LogP contribution in [0.2, 0.25) is 5.02 Å². The maximum absolute atomic E-state index is 12.5. The number of hydrogen-bond acceptors (Lipinski definition) is 4. The molecule has 0 saturated carbocycles. The Kier molecular flexibility index (Phi) is 5.24. The summed E-state index contributed by atoms with van der Waals surface area (Å²) in [5.41, 5.74) is 0.814. The van der Waals surface area contributed by atoms with Crippen molar-refractivity contribution in [3.8, 4) is 0 Å². The van der Waals surface area contributed by atoms with E-state index in [1.54, 1.807) is 12.1 Å². The Labute approximate surface area is 150 Å². The molecule has 1 amide bonds. The van der Waals surface area contributed by atoms with Crippen molar-refractivity contribution < 1.29 is 13.2 Å². The number of hydrogen-bond donors (Lipinski definition) is 1. The summed E-state index contributed by atoms with van der Waals surface area (Å²) < 4.78 is 26.7. The molecule has 3 rings (SSSR count). The summed E-state index contributed by atoms with van der Waals surface area (Å²) in [6.07, 6.45) is 1.77. The Bertz CT molecular complexity index is 843. The first-order chi connectivity index (χ1) is 11.5. The lowest BCUT2D eigenvalue weighted by Crippen LogP contribution is -2.27. The fourth-order valence-electron chi connectivity index (χ4n) is 2.54. The standard InChI is InChI=1S/C16H17ClN2O3S2/c17-13-6-2-1-5-12(13)11-18-16(20)14-7-8-15(23-14)24(21,22)19-9-3-4-10-19/h1-2,5-8H,3-4,9-11H2,(H,18,20). The Morgan fingerprint density at radius 1 is 1.17 bits per heavy atom. The fourth-order valence-corrected chi connectivity index (χ4v) is 5.64. The topological polar surface area (TPSA) is 66.5 Å². The van der Waals surface area contributed by atoms with Gasteiger partial charge in [-0.15, -0.1) is 11.3 Å². The molecule has 1 aliphatic heterocycles. The van der Waals surface area contributed by atoms with Crippen LogP contribution in [0.25, 0.3) is 0 Å². The molecular formula is C16H17ClN2O3S2. The van der Waals surface area contributed by atoms with Crippen LogP contribution >= 0.6 is 22.9 Å². The lowest BCUT2D eigenvalue weighted by molar-refractivity contribution is 0.0955. The van der Waals surface area contributed by atoms with Gasteiger partial charge in [0.2, 0.25) is 0 Å². The van der Waals surface area contributed by atoms with Crippen molar-refractivity contribution in [3.05, 3.63) is 51.9 Å². The minimum Gasteiger partial charge on any atom is -0.347 e. The van der Waals surface area contributed by atoms with Gasteiger partial charge in [0.1, 0.15) is 4.21 Å². The van der Waals surface area contributed by atoms with Crippen molar-refractivity contribution in [3.63, 3.8) is 0 Å². The molecule has 0 bridgehead atoms. The van der Waals surface area contributed by atoms with Crippen LogP contribution in [0.4, 0.5) is 0 Å². The number of rotatable bonds is 5. The first-order valence-electron chi connectivity index (χ1n) is 7.60. The highest BCUT2D eigenvalue weighted by Gasteiger charge is 2.29. The quantitative estimate of drug-likeness (QED) is 0.861. The second-order valence-corrected chi connectivity index (χ2v) is 9.16. The van der Waals surface area contributed by atoms with Crippen molar-refractivity contribution in [2.45, 2.75) is 23.6 Å². The molecule has 1 fully saturated rings. The van der Waals surface area contributed by atoms with Crippen molar-refractivity contribution in [1.29, 1.82) is 0 Å². The third-order valence-electron chi connectivity index (χ3n) is 3.86. The number of halogens is 1. The molecule has 1 N–H and O–H groups in total. The molecule has 1 aromatic heterocycles. The fraction of sp³-hybridized carbons (Fsp3) is 0.312. The normalized spacial score (nSPS) is 15.5. The van der Waals surface area contributed by atoms with E-state index in [4.69, 9.17) is 11.6 Å². The number of carbonyl (C=O) groups is 1. The summed E-state index contributed by atoms with van der Waals surface area (Å²) >= 11 is 7.06. The smallest absolute Gasteiger partial charge is 0.261 e. The van der Waals surface area contributed by atoms with Crippen molar-refractivity contribution in [2.24, 2.45) is 0 Å². The average Bonchev–Trinajstić information content (AvgIpc) is 3.25. The van der Waals surface area contributed by atoms with Crippen LogP contribution in [0, 0.1) is 0 Å². The SMILES string of the molecule is O=C(NCc1ccccc1Cl)c1ccc(S(=O)(=O)N2CCCC2)s1. The average molecular weight is 385 g/mol. The summed E-state index contributed by atoms with van der Waals surface area (Å²) in [6.45, 7) is 1.40. The molecule has 1 aromatic carbocycles. The zero-order valence-corrected chi connectivity index (χ0v) is 15.3. The van der Waals surface area contributed by atoms with E-state index >= 15 is 0 Å². The van der Waals surface area contributed by atoms with Gasteiger partial charge < -0.3 is 5.32 Å². The molecule has 0 atom stereocenters. The summed E-state index contributed by atoms with van der Waals surface area (Å²) in [6, 6.07) is 10.3. The molecule has 8 heteroatoms. The van der Waals surface area contributed by atoms with E-state index in [9.17, 15) is 13.2 Å². The number of carbonyl (C=O) groups excluding carboxylic acids is 1. The number of benzene rings is 1. The highest BCUT2D eigenvalue weighted by atomic mass is 35.5. The maximum Gasteiger partial charge on any atom is 0.261 e. The van der Waals surface area contributed by atoms with Gasteiger partial charge in [0.25, 0.3) is 15.9 Å².